The van der Waals surface area contributed by atoms with Gasteiger partial charge in [-0.05, 0) is 56.6 Å². The summed E-state index contributed by atoms with van der Waals surface area (Å²) in [6.45, 7) is 3.52. The van der Waals surface area contributed by atoms with Crippen LogP contribution in [0.2, 0.25) is 0 Å². The molecule has 0 radical (unpaired) electrons. The van der Waals surface area contributed by atoms with Gasteiger partial charge in [-0.3, -0.25) is 4.79 Å². The molecule has 2 rings (SSSR count). The molecule has 1 aliphatic rings. The van der Waals surface area contributed by atoms with E-state index in [1.165, 1.54) is 12.1 Å². The first kappa shape index (κ1) is 14.9. The fraction of sp³-hybridized carbons (Fsp3) is 0.533. The van der Waals surface area contributed by atoms with Crippen LogP contribution in [0, 0.1) is 11.7 Å². The van der Waals surface area contributed by atoms with E-state index in [0.29, 0.717) is 18.0 Å². The highest BCUT2D eigenvalue weighted by atomic mass is 19.1. The fourth-order valence-corrected chi connectivity index (χ4v) is 2.50. The van der Waals surface area contributed by atoms with Gasteiger partial charge < -0.3 is 16.0 Å². The number of nitrogens with two attached hydrogens (primary N) is 1. The summed E-state index contributed by atoms with van der Waals surface area (Å²) in [4.78, 5) is 14.1. The molecule has 1 aromatic carbocycles. The maximum Gasteiger partial charge on any atom is 0.225 e. The monoisotopic (exact) mass is 279 g/mol. The maximum absolute atomic E-state index is 13.0. The highest BCUT2D eigenvalue weighted by molar-refractivity contribution is 5.90. The smallest absolute Gasteiger partial charge is 0.225 e. The fourth-order valence-electron chi connectivity index (χ4n) is 2.50. The van der Waals surface area contributed by atoms with Crippen LogP contribution in [-0.4, -0.2) is 37.0 Å². The zero-order valence-corrected chi connectivity index (χ0v) is 11.6. The Bertz CT molecular complexity index is 444. The molecule has 20 heavy (non-hydrogen) atoms. The molecular weight excluding hydrogens is 257 g/mol. The average Bonchev–Trinajstić information content (AvgIpc) is 2.46. The normalized spacial score (nSPS) is 17.1. The largest absolute Gasteiger partial charge is 0.330 e. The number of anilines is 1. The number of nitrogens with zero attached hydrogens (tertiary/aromatic N) is 1. The third-order valence-electron chi connectivity index (χ3n) is 3.80. The minimum Gasteiger partial charge on any atom is -0.330 e. The predicted octanol–water partition coefficient (Wildman–Crippen LogP) is 1.82. The summed E-state index contributed by atoms with van der Waals surface area (Å²) in [5.41, 5.74) is 6.17. The van der Waals surface area contributed by atoms with Gasteiger partial charge in [0.2, 0.25) is 5.91 Å². The van der Waals surface area contributed by atoms with E-state index in [-0.39, 0.29) is 11.7 Å². The van der Waals surface area contributed by atoms with Gasteiger partial charge in [-0.25, -0.2) is 4.39 Å². The molecule has 0 saturated carbocycles. The number of amides is 1. The number of halogens is 1. The van der Waals surface area contributed by atoms with Crippen LogP contribution in [0.5, 0.6) is 0 Å². The number of benzene rings is 1. The molecule has 1 aromatic rings. The predicted molar refractivity (Wildman–Crippen MR) is 77.9 cm³/mol. The molecular formula is C15H22FN3O. The Morgan fingerprint density at radius 2 is 2.15 bits per heavy atom. The summed E-state index contributed by atoms with van der Waals surface area (Å²) in [6, 6.07) is 5.96. The summed E-state index contributed by atoms with van der Waals surface area (Å²) < 4.78 is 13.0. The van der Waals surface area contributed by atoms with Crippen LogP contribution in [0.1, 0.15) is 19.3 Å². The molecule has 0 aromatic heterocycles. The lowest BCUT2D eigenvalue weighted by atomic mass is 9.97. The van der Waals surface area contributed by atoms with E-state index in [1.54, 1.807) is 12.1 Å². The summed E-state index contributed by atoms with van der Waals surface area (Å²) in [7, 11) is 0. The minimum absolute atomic E-state index is 0.0726. The zero-order chi connectivity index (χ0) is 14.4. The summed E-state index contributed by atoms with van der Waals surface area (Å²) in [5, 5.41) is 2.72. The quantitative estimate of drug-likeness (QED) is 0.864. The average molecular weight is 279 g/mol. The van der Waals surface area contributed by atoms with Gasteiger partial charge in [0.1, 0.15) is 5.82 Å². The first-order valence-electron chi connectivity index (χ1n) is 7.15. The summed E-state index contributed by atoms with van der Waals surface area (Å²) >= 11 is 0. The van der Waals surface area contributed by atoms with Crippen molar-refractivity contribution in [2.75, 3.05) is 31.5 Å². The third-order valence-corrected chi connectivity index (χ3v) is 3.80. The Kier molecular flexibility index (Phi) is 5.49. The van der Waals surface area contributed by atoms with Crippen molar-refractivity contribution in [3.05, 3.63) is 30.1 Å². The van der Waals surface area contributed by atoms with Crippen LogP contribution < -0.4 is 11.1 Å². The van der Waals surface area contributed by atoms with Crippen molar-refractivity contribution in [3.8, 4) is 0 Å². The second-order valence-corrected chi connectivity index (χ2v) is 5.33. The van der Waals surface area contributed by atoms with Crippen molar-refractivity contribution in [1.82, 2.24) is 4.90 Å². The summed E-state index contributed by atoms with van der Waals surface area (Å²) in [5.74, 6) is 0.218. The van der Waals surface area contributed by atoms with Crippen LogP contribution in [0.3, 0.4) is 0 Å². The van der Waals surface area contributed by atoms with Gasteiger partial charge >= 0.3 is 0 Å². The first-order chi connectivity index (χ1) is 9.67. The lowest BCUT2D eigenvalue weighted by molar-refractivity contribution is -0.116. The highest BCUT2D eigenvalue weighted by Crippen LogP contribution is 2.16. The zero-order valence-electron chi connectivity index (χ0n) is 11.6. The van der Waals surface area contributed by atoms with Crippen molar-refractivity contribution in [3.63, 3.8) is 0 Å². The number of hydrogen-bond acceptors (Lipinski definition) is 3. The van der Waals surface area contributed by atoms with Crippen LogP contribution in [0.4, 0.5) is 10.1 Å². The molecule has 0 unspecified atom stereocenters. The van der Waals surface area contributed by atoms with E-state index in [1.807, 2.05) is 0 Å². The van der Waals surface area contributed by atoms with E-state index in [9.17, 15) is 9.18 Å². The van der Waals surface area contributed by atoms with Crippen molar-refractivity contribution < 1.29 is 9.18 Å². The molecule has 1 fully saturated rings. The van der Waals surface area contributed by atoms with Crippen LogP contribution in [0.25, 0.3) is 0 Å². The molecule has 0 bridgehead atoms. The maximum atomic E-state index is 13.0. The molecule has 1 heterocycles. The SMILES string of the molecule is NCC1CCN(CCC(=O)Nc2cccc(F)c2)CC1. The van der Waals surface area contributed by atoms with Crippen molar-refractivity contribution in [2.24, 2.45) is 11.7 Å². The molecule has 0 spiro atoms. The number of hydrogen-bond donors (Lipinski definition) is 2. The lowest BCUT2D eigenvalue weighted by Gasteiger charge is -2.31. The Morgan fingerprint density at radius 1 is 1.40 bits per heavy atom. The van der Waals surface area contributed by atoms with Crippen molar-refractivity contribution >= 4 is 11.6 Å². The van der Waals surface area contributed by atoms with Crippen LogP contribution in [0.15, 0.2) is 24.3 Å². The Morgan fingerprint density at radius 3 is 2.80 bits per heavy atom. The number of carbonyl (C=O) groups is 1. The van der Waals surface area contributed by atoms with E-state index in [0.717, 1.165) is 39.0 Å². The van der Waals surface area contributed by atoms with Gasteiger partial charge in [0.05, 0.1) is 0 Å². The third kappa shape index (κ3) is 4.58. The Hall–Kier alpha value is -1.46. The second-order valence-electron chi connectivity index (χ2n) is 5.33. The molecule has 5 heteroatoms. The van der Waals surface area contributed by atoms with Gasteiger partial charge in [0.25, 0.3) is 0 Å². The molecule has 1 saturated heterocycles. The molecule has 1 amide bonds. The molecule has 0 atom stereocenters. The number of carbonyl (C=O) groups excluding carboxylic acids is 1. The standard InChI is InChI=1S/C15H22FN3O/c16-13-2-1-3-14(10-13)18-15(20)6-9-19-7-4-12(11-17)5-8-19/h1-3,10,12H,4-9,11,17H2,(H,18,20). The number of rotatable bonds is 5. The highest BCUT2D eigenvalue weighted by Gasteiger charge is 2.18. The van der Waals surface area contributed by atoms with Gasteiger partial charge in [0, 0.05) is 18.7 Å². The Balaban J connectivity index is 1.70. The summed E-state index contributed by atoms with van der Waals surface area (Å²) in [6.07, 6.45) is 2.66. The molecule has 3 N–H and O–H groups in total. The van der Waals surface area contributed by atoms with E-state index >= 15 is 0 Å². The number of nitrogens with one attached hydrogen (secondary N) is 1. The van der Waals surface area contributed by atoms with Gasteiger partial charge in [-0.1, -0.05) is 6.07 Å². The van der Waals surface area contributed by atoms with Gasteiger partial charge in [-0.2, -0.15) is 0 Å². The van der Waals surface area contributed by atoms with E-state index < -0.39 is 0 Å². The lowest BCUT2D eigenvalue weighted by Crippen LogP contribution is -2.37. The minimum atomic E-state index is -0.341. The van der Waals surface area contributed by atoms with E-state index in [2.05, 4.69) is 10.2 Å². The Labute approximate surface area is 119 Å². The van der Waals surface area contributed by atoms with Crippen LogP contribution >= 0.6 is 0 Å². The number of piperidine rings is 1. The number of likely N-dealkylation sites (tertiary alicyclic amines) is 1. The van der Waals surface area contributed by atoms with Gasteiger partial charge in [-0.15, -0.1) is 0 Å². The second kappa shape index (κ2) is 7.36. The molecule has 110 valence electrons. The topological polar surface area (TPSA) is 58.4 Å². The van der Waals surface area contributed by atoms with E-state index in [4.69, 9.17) is 5.73 Å². The first-order valence-corrected chi connectivity index (χ1v) is 7.15. The van der Waals surface area contributed by atoms with Crippen molar-refractivity contribution in [2.45, 2.75) is 19.3 Å². The molecule has 0 aliphatic carbocycles. The van der Waals surface area contributed by atoms with Gasteiger partial charge in [0.15, 0.2) is 0 Å². The molecule has 1 aliphatic heterocycles. The van der Waals surface area contributed by atoms with Crippen molar-refractivity contribution in [1.29, 1.82) is 0 Å². The molecule has 4 nitrogen and oxygen atoms in total. The van der Waals surface area contributed by atoms with Crippen LogP contribution in [-0.2, 0) is 4.79 Å².